The van der Waals surface area contributed by atoms with Gasteiger partial charge in [-0.15, -0.1) is 0 Å². The van der Waals surface area contributed by atoms with Gasteiger partial charge in [0.25, 0.3) is 5.91 Å². The molecule has 0 bridgehead atoms. The van der Waals surface area contributed by atoms with Gasteiger partial charge in [0, 0.05) is 42.5 Å². The first-order valence-corrected chi connectivity index (χ1v) is 12.8. The minimum atomic E-state index is -1.22. The van der Waals surface area contributed by atoms with E-state index >= 15 is 0 Å². The van der Waals surface area contributed by atoms with E-state index in [9.17, 15) is 14.0 Å². The Kier molecular flexibility index (Phi) is 7.15. The fourth-order valence-corrected chi connectivity index (χ4v) is 4.56. The number of nitrogens with two attached hydrogens (primary N) is 1. The molecule has 4 aromatic rings. The van der Waals surface area contributed by atoms with E-state index in [1.165, 1.54) is 6.08 Å². The van der Waals surface area contributed by atoms with Gasteiger partial charge in [0.1, 0.15) is 23.0 Å². The predicted octanol–water partition coefficient (Wildman–Crippen LogP) is 5.07. The molecule has 0 aliphatic carbocycles. The van der Waals surface area contributed by atoms with Crippen molar-refractivity contribution in [2.45, 2.75) is 38.9 Å². The standard InChI is InChI=1S/C30H30FN5O3/c1-19-13-25-21(14-22(17-33-25)29(38)36-11-9-30(2,31)10-12-36)15-24(19)26-6-5-23(39-26)18-35-28(37)8-4-20-3-7-27(32)34-16-20/h3-8,13-17H,9-12,18H2,1-2H3,(H2,32,34)(H,35,37)/b8-4+. The van der Waals surface area contributed by atoms with Crippen molar-refractivity contribution in [3.63, 3.8) is 0 Å². The summed E-state index contributed by atoms with van der Waals surface area (Å²) in [4.78, 5) is 35.5. The van der Waals surface area contributed by atoms with Crippen LogP contribution in [-0.4, -0.2) is 45.4 Å². The van der Waals surface area contributed by atoms with Crippen molar-refractivity contribution in [2.75, 3.05) is 18.8 Å². The molecule has 3 aromatic heterocycles. The summed E-state index contributed by atoms with van der Waals surface area (Å²) < 4.78 is 20.2. The zero-order chi connectivity index (χ0) is 27.6. The number of fused-ring (bicyclic) bond motifs is 1. The maximum absolute atomic E-state index is 14.2. The van der Waals surface area contributed by atoms with E-state index in [0.29, 0.717) is 48.8 Å². The zero-order valence-electron chi connectivity index (χ0n) is 21.9. The van der Waals surface area contributed by atoms with E-state index in [-0.39, 0.29) is 18.4 Å². The van der Waals surface area contributed by atoms with E-state index in [0.717, 1.165) is 27.6 Å². The topological polar surface area (TPSA) is 114 Å². The number of hydrogen-bond acceptors (Lipinski definition) is 6. The van der Waals surface area contributed by atoms with Gasteiger partial charge in [0.15, 0.2) is 0 Å². The molecule has 0 radical (unpaired) electrons. The Morgan fingerprint density at radius 2 is 1.92 bits per heavy atom. The highest BCUT2D eigenvalue weighted by Gasteiger charge is 2.32. The Balaban J connectivity index is 1.27. The van der Waals surface area contributed by atoms with Gasteiger partial charge >= 0.3 is 0 Å². The largest absolute Gasteiger partial charge is 0.459 e. The molecular weight excluding hydrogens is 497 g/mol. The number of nitrogens with one attached hydrogen (secondary N) is 1. The van der Waals surface area contributed by atoms with Crippen molar-refractivity contribution in [1.82, 2.24) is 20.2 Å². The molecule has 1 fully saturated rings. The number of furan rings is 1. The predicted molar refractivity (Wildman–Crippen MR) is 148 cm³/mol. The monoisotopic (exact) mass is 527 g/mol. The van der Waals surface area contributed by atoms with Gasteiger partial charge < -0.3 is 20.4 Å². The van der Waals surface area contributed by atoms with Crippen LogP contribution in [0.15, 0.2) is 65.4 Å². The van der Waals surface area contributed by atoms with Gasteiger partial charge in [0.2, 0.25) is 5.91 Å². The maximum Gasteiger partial charge on any atom is 0.255 e. The highest BCUT2D eigenvalue weighted by Crippen LogP contribution is 2.31. The fourth-order valence-electron chi connectivity index (χ4n) is 4.56. The molecule has 1 aliphatic heterocycles. The molecule has 9 heteroatoms. The van der Waals surface area contributed by atoms with Gasteiger partial charge in [-0.25, -0.2) is 9.37 Å². The number of anilines is 1. The third-order valence-corrected chi connectivity index (χ3v) is 6.97. The Bertz CT molecular complexity index is 1550. The molecule has 39 heavy (non-hydrogen) atoms. The van der Waals surface area contributed by atoms with Crippen molar-refractivity contribution in [3.05, 3.63) is 83.4 Å². The number of alkyl halides is 1. The van der Waals surface area contributed by atoms with Crippen LogP contribution in [0.3, 0.4) is 0 Å². The number of aryl methyl sites for hydroxylation is 1. The summed E-state index contributed by atoms with van der Waals surface area (Å²) in [6.07, 6.45) is 6.92. The molecule has 4 heterocycles. The fraction of sp³-hybridized carbons (Fsp3) is 0.267. The number of carbonyl (C=O) groups is 2. The molecule has 0 spiro atoms. The SMILES string of the molecule is Cc1cc2ncc(C(=O)N3CCC(C)(F)CC3)cc2cc1-c1ccc(CNC(=O)/C=C/c2ccc(N)nc2)o1. The minimum Gasteiger partial charge on any atom is -0.459 e. The van der Waals surface area contributed by atoms with E-state index in [2.05, 4.69) is 15.3 Å². The average molecular weight is 528 g/mol. The number of aromatic nitrogens is 2. The van der Waals surface area contributed by atoms with Gasteiger partial charge in [-0.2, -0.15) is 0 Å². The Morgan fingerprint density at radius 1 is 1.13 bits per heavy atom. The van der Waals surface area contributed by atoms with Crippen LogP contribution in [0.2, 0.25) is 0 Å². The first-order valence-electron chi connectivity index (χ1n) is 12.8. The molecule has 2 amide bonds. The molecule has 5 rings (SSSR count). The molecule has 8 nitrogen and oxygen atoms in total. The summed E-state index contributed by atoms with van der Waals surface area (Å²) in [5, 5.41) is 3.61. The molecule has 1 saturated heterocycles. The maximum atomic E-state index is 14.2. The van der Waals surface area contributed by atoms with Crippen LogP contribution in [0.4, 0.5) is 10.2 Å². The summed E-state index contributed by atoms with van der Waals surface area (Å²) >= 11 is 0. The molecule has 0 atom stereocenters. The lowest BCUT2D eigenvalue weighted by atomic mass is 9.95. The molecular formula is C30H30FN5O3. The quantitative estimate of drug-likeness (QED) is 0.338. The number of benzene rings is 1. The number of carbonyl (C=O) groups excluding carboxylic acids is 2. The van der Waals surface area contributed by atoms with Crippen LogP contribution in [0.5, 0.6) is 0 Å². The third kappa shape index (κ3) is 6.14. The number of rotatable bonds is 6. The minimum absolute atomic E-state index is 0.139. The number of nitrogens with zero attached hydrogens (tertiary/aromatic N) is 3. The number of nitrogen functional groups attached to an aromatic ring is 1. The van der Waals surface area contributed by atoms with Crippen LogP contribution >= 0.6 is 0 Å². The van der Waals surface area contributed by atoms with Crippen LogP contribution in [0, 0.1) is 6.92 Å². The molecule has 1 aliphatic rings. The first kappa shape index (κ1) is 26.1. The van der Waals surface area contributed by atoms with Crippen LogP contribution in [0.1, 0.15) is 47.0 Å². The Labute approximate surface area is 225 Å². The van der Waals surface area contributed by atoms with E-state index in [1.54, 1.807) is 42.4 Å². The van der Waals surface area contributed by atoms with Crippen molar-refractivity contribution in [2.24, 2.45) is 0 Å². The number of piperidine rings is 1. The summed E-state index contributed by atoms with van der Waals surface area (Å²) in [5.74, 6) is 1.27. The van der Waals surface area contributed by atoms with E-state index in [1.807, 2.05) is 37.3 Å². The van der Waals surface area contributed by atoms with Crippen LogP contribution in [-0.2, 0) is 11.3 Å². The summed E-state index contributed by atoms with van der Waals surface area (Å²) in [7, 11) is 0. The highest BCUT2D eigenvalue weighted by atomic mass is 19.1. The van der Waals surface area contributed by atoms with Crippen molar-refractivity contribution in [3.8, 4) is 11.3 Å². The van der Waals surface area contributed by atoms with Gasteiger partial charge in [0.05, 0.1) is 17.6 Å². The van der Waals surface area contributed by atoms with Crippen molar-refractivity contribution < 1.29 is 18.4 Å². The number of likely N-dealkylation sites (tertiary alicyclic amines) is 1. The first-order chi connectivity index (χ1) is 18.7. The third-order valence-electron chi connectivity index (χ3n) is 6.97. The summed E-state index contributed by atoms with van der Waals surface area (Å²) in [6.45, 7) is 4.57. The highest BCUT2D eigenvalue weighted by molar-refractivity contribution is 5.98. The Morgan fingerprint density at radius 3 is 2.67 bits per heavy atom. The normalized spacial score (nSPS) is 15.1. The smallest absolute Gasteiger partial charge is 0.255 e. The number of hydrogen-bond donors (Lipinski definition) is 2. The molecule has 0 unspecified atom stereocenters. The van der Waals surface area contributed by atoms with Gasteiger partial charge in [-0.3, -0.25) is 14.6 Å². The average Bonchev–Trinajstić information content (AvgIpc) is 3.39. The second-order valence-corrected chi connectivity index (χ2v) is 10.1. The van der Waals surface area contributed by atoms with Gasteiger partial charge in [-0.05, 0) is 86.4 Å². The van der Waals surface area contributed by atoms with Crippen molar-refractivity contribution in [1.29, 1.82) is 0 Å². The second-order valence-electron chi connectivity index (χ2n) is 10.1. The lowest BCUT2D eigenvalue weighted by molar-refractivity contribution is -0.116. The molecule has 200 valence electrons. The molecule has 1 aromatic carbocycles. The zero-order valence-corrected chi connectivity index (χ0v) is 21.9. The number of halogens is 1. The number of amides is 2. The van der Waals surface area contributed by atoms with Crippen LogP contribution < -0.4 is 11.1 Å². The number of pyridine rings is 2. The van der Waals surface area contributed by atoms with Crippen molar-refractivity contribution >= 4 is 34.6 Å². The molecule has 3 N–H and O–H groups in total. The van der Waals surface area contributed by atoms with E-state index in [4.69, 9.17) is 10.2 Å². The second kappa shape index (κ2) is 10.7. The Hall–Kier alpha value is -4.53. The lowest BCUT2D eigenvalue weighted by Gasteiger charge is -2.34. The summed E-state index contributed by atoms with van der Waals surface area (Å²) in [5.41, 5.74) is 8.21. The van der Waals surface area contributed by atoms with Crippen LogP contribution in [0.25, 0.3) is 28.3 Å². The lowest BCUT2D eigenvalue weighted by Crippen LogP contribution is -2.43. The molecule has 0 saturated carbocycles. The summed E-state index contributed by atoms with van der Waals surface area (Å²) in [6, 6.07) is 12.9. The van der Waals surface area contributed by atoms with Gasteiger partial charge in [-0.1, -0.05) is 0 Å². The van der Waals surface area contributed by atoms with E-state index < -0.39 is 5.67 Å².